The zero-order valence-electron chi connectivity index (χ0n) is 4.53. The van der Waals surface area contributed by atoms with Gasteiger partial charge in [0, 0.05) is 0 Å². The van der Waals surface area contributed by atoms with Crippen molar-refractivity contribution < 1.29 is 19.5 Å². The van der Waals surface area contributed by atoms with E-state index in [2.05, 4.69) is 11.2 Å². The number of nitrogens with zero attached hydrogens (tertiary/aromatic N) is 1. The quantitative estimate of drug-likeness (QED) is 0.445. The summed E-state index contributed by atoms with van der Waals surface area (Å²) in [5.41, 5.74) is 1.09. The van der Waals surface area contributed by atoms with Gasteiger partial charge in [0.25, 0.3) is 0 Å². The fraction of sp³-hybridized carbons (Fsp3) is 0.167. The van der Waals surface area contributed by atoms with Crippen molar-refractivity contribution >= 4 is 0 Å². The Morgan fingerprint density at radius 1 is 1.62 bits per heavy atom. The van der Waals surface area contributed by atoms with E-state index in [0.29, 0.717) is 0 Å². The molecule has 0 unspecified atom stereocenters. The van der Waals surface area contributed by atoms with E-state index in [9.17, 15) is 0 Å². The summed E-state index contributed by atoms with van der Waals surface area (Å²) in [6.07, 6.45) is 4.50. The van der Waals surface area contributed by atoms with Gasteiger partial charge in [-0.15, -0.1) is 5.56 Å². The van der Waals surface area contributed by atoms with Crippen molar-refractivity contribution in [3.63, 3.8) is 0 Å². The van der Waals surface area contributed by atoms with Gasteiger partial charge in [0.2, 0.25) is 0 Å². The fourth-order valence-electron chi connectivity index (χ4n) is 0.407. The number of aryl methyl sites for hydroxylation is 1. The molecule has 0 aromatic carbocycles. The van der Waals surface area contributed by atoms with Gasteiger partial charge >= 0.3 is 19.5 Å². The molecule has 41 valence electrons. The van der Waals surface area contributed by atoms with Crippen molar-refractivity contribution in [2.45, 2.75) is 6.92 Å². The normalized spacial score (nSPS) is 7.62. The second kappa shape index (κ2) is 3.74. The molecule has 1 aromatic rings. The number of hydrogen-bond donors (Lipinski definition) is 0. The summed E-state index contributed by atoms with van der Waals surface area (Å²) in [5.74, 6) is 0. The summed E-state index contributed by atoms with van der Waals surface area (Å²) in [6.45, 7) is 1.97. The molecule has 1 rings (SSSR count). The van der Waals surface area contributed by atoms with E-state index in [0.717, 1.165) is 5.56 Å². The van der Waals surface area contributed by atoms with E-state index in [1.807, 2.05) is 19.1 Å². The second-order valence-electron chi connectivity index (χ2n) is 1.43. The topological polar surface area (TPSA) is 12.9 Å². The molecule has 0 saturated heterocycles. The third kappa shape index (κ3) is 2.18. The summed E-state index contributed by atoms with van der Waals surface area (Å²) in [5, 5.41) is 0. The van der Waals surface area contributed by atoms with E-state index in [4.69, 9.17) is 0 Å². The van der Waals surface area contributed by atoms with E-state index in [1.165, 1.54) is 0 Å². The third-order valence-corrected chi connectivity index (χ3v) is 0.748. The predicted molar refractivity (Wildman–Crippen MR) is 27.8 cm³/mol. The van der Waals surface area contributed by atoms with Crippen LogP contribution in [0.15, 0.2) is 18.3 Å². The van der Waals surface area contributed by atoms with Crippen LogP contribution in [0.2, 0.25) is 0 Å². The van der Waals surface area contributed by atoms with Crippen molar-refractivity contribution in [2.24, 2.45) is 0 Å². The van der Waals surface area contributed by atoms with Crippen LogP contribution in [-0.2, 0) is 19.5 Å². The van der Waals surface area contributed by atoms with Crippen LogP contribution in [0.5, 0.6) is 0 Å². The number of aromatic nitrogens is 1. The molecule has 0 N–H and O–H groups in total. The molecule has 0 fully saturated rings. The predicted octanol–water partition coefficient (Wildman–Crippen LogP) is 1.19. The molecule has 0 aliphatic heterocycles. The fourth-order valence-corrected chi connectivity index (χ4v) is 0.407. The molecule has 8 heavy (non-hydrogen) atoms. The van der Waals surface area contributed by atoms with Gasteiger partial charge in [-0.3, -0.25) is 0 Å². The number of pyridine rings is 1. The van der Waals surface area contributed by atoms with E-state index >= 15 is 0 Å². The van der Waals surface area contributed by atoms with Crippen molar-refractivity contribution in [3.8, 4) is 0 Å². The summed E-state index contributed by atoms with van der Waals surface area (Å²) in [6, 6.07) is 3.86. The molecule has 1 nitrogen and oxygen atoms in total. The molecule has 0 saturated carbocycles. The Morgan fingerprint density at radius 3 is 2.62 bits per heavy atom. The van der Waals surface area contributed by atoms with Gasteiger partial charge in [0.1, 0.15) is 0 Å². The van der Waals surface area contributed by atoms with Crippen LogP contribution in [0.1, 0.15) is 5.56 Å². The summed E-state index contributed by atoms with van der Waals surface area (Å²) in [7, 11) is 0. The van der Waals surface area contributed by atoms with Crippen LogP contribution in [-0.4, -0.2) is 4.98 Å². The van der Waals surface area contributed by atoms with Gasteiger partial charge in [-0.05, 0) is 0 Å². The van der Waals surface area contributed by atoms with Crippen LogP contribution < -0.4 is 0 Å². The average Bonchev–Trinajstić information content (AvgIpc) is 1.69. The van der Waals surface area contributed by atoms with Crippen molar-refractivity contribution in [3.05, 3.63) is 30.1 Å². The molecular formula is C6H6NRu+2. The first-order valence-electron chi connectivity index (χ1n) is 2.19. The minimum absolute atomic E-state index is 0. The Balaban J connectivity index is 0.000000490. The average molecular weight is 193 g/mol. The van der Waals surface area contributed by atoms with Crippen molar-refractivity contribution in [2.75, 3.05) is 0 Å². The Hall–Kier alpha value is -0.227. The molecule has 0 amide bonds. The molecule has 1 radical (unpaired) electrons. The molecule has 0 atom stereocenters. The molecule has 0 aliphatic rings. The first-order chi connectivity index (χ1) is 3.39. The maximum atomic E-state index is 3.76. The van der Waals surface area contributed by atoms with E-state index in [-0.39, 0.29) is 19.5 Å². The molecule has 1 heterocycles. The van der Waals surface area contributed by atoms with E-state index in [1.54, 1.807) is 6.20 Å². The van der Waals surface area contributed by atoms with Gasteiger partial charge in [-0.1, -0.05) is 19.3 Å². The largest absolute Gasteiger partial charge is 3.00 e. The monoisotopic (exact) mass is 194 g/mol. The van der Waals surface area contributed by atoms with Gasteiger partial charge in [0.15, 0.2) is 0 Å². The molecule has 1 aromatic heterocycles. The van der Waals surface area contributed by atoms with Crippen molar-refractivity contribution in [1.29, 1.82) is 0 Å². The zero-order chi connectivity index (χ0) is 5.11. The minimum atomic E-state index is 0. The van der Waals surface area contributed by atoms with Crippen molar-refractivity contribution in [1.82, 2.24) is 4.98 Å². The van der Waals surface area contributed by atoms with Crippen LogP contribution in [0.25, 0.3) is 0 Å². The molecule has 0 spiro atoms. The van der Waals surface area contributed by atoms with Crippen LogP contribution in [0, 0.1) is 13.1 Å². The molecule has 2 heteroatoms. The van der Waals surface area contributed by atoms with Crippen LogP contribution in [0.4, 0.5) is 0 Å². The maximum Gasteiger partial charge on any atom is 3.00 e. The maximum absolute atomic E-state index is 3.76. The molecule has 0 aliphatic carbocycles. The summed E-state index contributed by atoms with van der Waals surface area (Å²) >= 11 is 0. The molecular weight excluding hydrogens is 187 g/mol. The number of hydrogen-bond acceptors (Lipinski definition) is 1. The first kappa shape index (κ1) is 7.77. The first-order valence-corrected chi connectivity index (χ1v) is 2.19. The molecule has 0 bridgehead atoms. The Bertz CT molecular complexity index is 138. The van der Waals surface area contributed by atoms with Crippen LogP contribution >= 0.6 is 0 Å². The van der Waals surface area contributed by atoms with Gasteiger partial charge < -0.3 is 4.98 Å². The van der Waals surface area contributed by atoms with Gasteiger partial charge in [-0.25, -0.2) is 0 Å². The van der Waals surface area contributed by atoms with Gasteiger partial charge in [-0.2, -0.15) is 12.1 Å². The SMILES string of the molecule is Cc1[c-]nccc1.[Ru+3]. The van der Waals surface area contributed by atoms with E-state index < -0.39 is 0 Å². The third-order valence-electron chi connectivity index (χ3n) is 0.748. The standard InChI is InChI=1S/C6H6N.Ru/c1-6-3-2-4-7-5-6;/h2-4H,1H3;/q-1;+3. The number of rotatable bonds is 0. The second-order valence-corrected chi connectivity index (χ2v) is 1.43. The zero-order valence-corrected chi connectivity index (χ0v) is 6.27. The summed E-state index contributed by atoms with van der Waals surface area (Å²) < 4.78 is 0. The minimum Gasteiger partial charge on any atom is -0.394 e. The Morgan fingerprint density at radius 2 is 2.38 bits per heavy atom. The van der Waals surface area contributed by atoms with Crippen LogP contribution in [0.3, 0.4) is 0 Å². The summed E-state index contributed by atoms with van der Waals surface area (Å²) in [4.78, 5) is 3.76. The van der Waals surface area contributed by atoms with Gasteiger partial charge in [0.05, 0.1) is 0 Å². The smallest absolute Gasteiger partial charge is 0.394 e. The Labute approximate surface area is 61.9 Å². The Kier molecular flexibility index (Phi) is 3.63.